The van der Waals surface area contributed by atoms with Crippen molar-refractivity contribution in [1.29, 1.82) is 0 Å². The zero-order valence-corrected chi connectivity index (χ0v) is 10.7. The second kappa shape index (κ2) is 4.65. The maximum absolute atomic E-state index is 12.0. The van der Waals surface area contributed by atoms with Gasteiger partial charge in [0.05, 0.1) is 5.41 Å². The van der Waals surface area contributed by atoms with Gasteiger partial charge in [-0.1, -0.05) is 0 Å². The molecule has 6 heteroatoms. The van der Waals surface area contributed by atoms with E-state index in [-0.39, 0.29) is 16.9 Å². The first-order valence-electron chi connectivity index (χ1n) is 5.70. The standard InChI is InChI=1S/C12H14ClNO4/c1-12(11(16)17)4-6-14(7-5-12)10(15)8-2-3-9(13)18-8/h2-3H,4-7H2,1H3,(H,16,17). The number of halogens is 1. The molecule has 1 aliphatic rings. The van der Waals surface area contributed by atoms with Gasteiger partial charge in [-0.15, -0.1) is 0 Å². The summed E-state index contributed by atoms with van der Waals surface area (Å²) >= 11 is 5.62. The summed E-state index contributed by atoms with van der Waals surface area (Å²) in [7, 11) is 0. The topological polar surface area (TPSA) is 70.8 Å². The Morgan fingerprint density at radius 2 is 2.00 bits per heavy atom. The molecule has 1 N–H and O–H groups in total. The van der Waals surface area contributed by atoms with Gasteiger partial charge >= 0.3 is 5.97 Å². The number of carboxylic acids is 1. The number of rotatable bonds is 2. The zero-order chi connectivity index (χ0) is 13.3. The Morgan fingerprint density at radius 1 is 1.39 bits per heavy atom. The van der Waals surface area contributed by atoms with Crippen LogP contribution in [0.4, 0.5) is 0 Å². The largest absolute Gasteiger partial charge is 0.481 e. The van der Waals surface area contributed by atoms with E-state index in [1.807, 2.05) is 0 Å². The Hall–Kier alpha value is -1.49. The maximum Gasteiger partial charge on any atom is 0.309 e. The molecule has 0 atom stereocenters. The Balaban J connectivity index is 2.02. The van der Waals surface area contributed by atoms with Gasteiger partial charge < -0.3 is 14.4 Å². The molecule has 2 rings (SSSR count). The molecule has 2 heterocycles. The van der Waals surface area contributed by atoms with Gasteiger partial charge in [0.2, 0.25) is 0 Å². The number of carboxylic acid groups (broad SMARTS) is 1. The smallest absolute Gasteiger partial charge is 0.309 e. The highest BCUT2D eigenvalue weighted by molar-refractivity contribution is 6.29. The number of hydrogen-bond acceptors (Lipinski definition) is 3. The van der Waals surface area contributed by atoms with Crippen molar-refractivity contribution >= 4 is 23.5 Å². The van der Waals surface area contributed by atoms with Crippen LogP contribution in [-0.4, -0.2) is 35.0 Å². The van der Waals surface area contributed by atoms with Gasteiger partial charge in [-0.05, 0) is 43.5 Å². The third-order valence-corrected chi connectivity index (χ3v) is 3.66. The van der Waals surface area contributed by atoms with Crippen molar-refractivity contribution < 1.29 is 19.1 Å². The Labute approximate surface area is 109 Å². The molecule has 5 nitrogen and oxygen atoms in total. The molecule has 1 aromatic rings. The van der Waals surface area contributed by atoms with Crippen LogP contribution >= 0.6 is 11.6 Å². The number of furan rings is 1. The molecule has 1 aromatic heterocycles. The Bertz CT molecular complexity index is 474. The number of nitrogens with zero attached hydrogens (tertiary/aromatic N) is 1. The van der Waals surface area contributed by atoms with Crippen molar-refractivity contribution in [3.05, 3.63) is 23.1 Å². The van der Waals surface area contributed by atoms with Crippen LogP contribution in [0.1, 0.15) is 30.3 Å². The molecule has 0 spiro atoms. The zero-order valence-electron chi connectivity index (χ0n) is 9.98. The van der Waals surface area contributed by atoms with Gasteiger partial charge in [-0.3, -0.25) is 9.59 Å². The first kappa shape index (κ1) is 13.0. The van der Waals surface area contributed by atoms with E-state index < -0.39 is 11.4 Å². The summed E-state index contributed by atoms with van der Waals surface area (Å²) in [6, 6.07) is 3.04. The molecule has 0 aliphatic carbocycles. The molecule has 98 valence electrons. The quantitative estimate of drug-likeness (QED) is 0.896. The first-order valence-corrected chi connectivity index (χ1v) is 6.08. The van der Waals surface area contributed by atoms with E-state index in [9.17, 15) is 9.59 Å². The minimum absolute atomic E-state index is 0.172. The lowest BCUT2D eigenvalue weighted by molar-refractivity contribution is -0.150. The van der Waals surface area contributed by atoms with Crippen molar-refractivity contribution in [2.75, 3.05) is 13.1 Å². The number of carbonyl (C=O) groups excluding carboxylic acids is 1. The van der Waals surface area contributed by atoms with Crippen LogP contribution in [-0.2, 0) is 4.79 Å². The normalized spacial score (nSPS) is 18.7. The summed E-state index contributed by atoms with van der Waals surface area (Å²) in [6.07, 6.45) is 0.894. The van der Waals surface area contributed by atoms with Crippen molar-refractivity contribution in [2.24, 2.45) is 5.41 Å². The molecule has 0 radical (unpaired) electrons. The van der Waals surface area contributed by atoms with Gasteiger partial charge in [0, 0.05) is 13.1 Å². The first-order chi connectivity index (χ1) is 8.42. The summed E-state index contributed by atoms with van der Waals surface area (Å²) in [5.41, 5.74) is -0.739. The lowest BCUT2D eigenvalue weighted by Gasteiger charge is -2.36. The van der Waals surface area contributed by atoms with Crippen LogP contribution in [0.5, 0.6) is 0 Å². The van der Waals surface area contributed by atoms with Crippen molar-refractivity contribution in [1.82, 2.24) is 4.90 Å². The highest BCUT2D eigenvalue weighted by Gasteiger charge is 2.38. The third-order valence-electron chi connectivity index (χ3n) is 3.45. The predicted octanol–water partition coefficient (Wildman–Crippen LogP) is 2.26. The monoisotopic (exact) mass is 271 g/mol. The number of hydrogen-bond donors (Lipinski definition) is 1. The molecule has 0 bridgehead atoms. The van der Waals surface area contributed by atoms with Gasteiger partial charge in [-0.25, -0.2) is 0 Å². The van der Waals surface area contributed by atoms with Crippen LogP contribution in [0, 0.1) is 5.41 Å². The highest BCUT2D eigenvalue weighted by Crippen LogP contribution is 2.31. The molecule has 0 aromatic carbocycles. The number of piperidine rings is 1. The molecule has 0 unspecified atom stereocenters. The fraction of sp³-hybridized carbons (Fsp3) is 0.500. The minimum Gasteiger partial charge on any atom is -0.481 e. The lowest BCUT2D eigenvalue weighted by atomic mass is 9.80. The fourth-order valence-corrected chi connectivity index (χ4v) is 2.15. The number of likely N-dealkylation sites (tertiary alicyclic amines) is 1. The van der Waals surface area contributed by atoms with E-state index in [1.54, 1.807) is 11.8 Å². The second-order valence-corrected chi connectivity index (χ2v) is 5.13. The molecule has 0 saturated carbocycles. The molecular formula is C12H14ClNO4. The van der Waals surface area contributed by atoms with Crippen LogP contribution in [0.3, 0.4) is 0 Å². The summed E-state index contributed by atoms with van der Waals surface area (Å²) in [6.45, 7) is 2.54. The molecular weight excluding hydrogens is 258 g/mol. The Kier molecular flexibility index (Phi) is 3.34. The van der Waals surface area contributed by atoms with Crippen LogP contribution in [0.25, 0.3) is 0 Å². The molecule has 18 heavy (non-hydrogen) atoms. The highest BCUT2D eigenvalue weighted by atomic mass is 35.5. The van der Waals surface area contributed by atoms with E-state index in [4.69, 9.17) is 21.1 Å². The molecule has 1 fully saturated rings. The van der Waals surface area contributed by atoms with Gasteiger partial charge in [-0.2, -0.15) is 0 Å². The van der Waals surface area contributed by atoms with E-state index in [0.29, 0.717) is 25.9 Å². The Morgan fingerprint density at radius 3 is 2.44 bits per heavy atom. The fourth-order valence-electron chi connectivity index (χ4n) is 2.00. The summed E-state index contributed by atoms with van der Waals surface area (Å²) in [4.78, 5) is 24.7. The van der Waals surface area contributed by atoms with Crippen molar-refractivity contribution in [3.8, 4) is 0 Å². The van der Waals surface area contributed by atoms with Gasteiger partial charge in [0.25, 0.3) is 5.91 Å². The molecule has 1 aliphatic heterocycles. The average Bonchev–Trinajstić information content (AvgIpc) is 2.76. The van der Waals surface area contributed by atoms with E-state index in [1.165, 1.54) is 12.1 Å². The minimum atomic E-state index is -0.810. The molecule has 1 saturated heterocycles. The van der Waals surface area contributed by atoms with Gasteiger partial charge in [0.1, 0.15) is 0 Å². The van der Waals surface area contributed by atoms with E-state index in [2.05, 4.69) is 0 Å². The van der Waals surface area contributed by atoms with Crippen molar-refractivity contribution in [2.45, 2.75) is 19.8 Å². The predicted molar refractivity (Wildman–Crippen MR) is 64.6 cm³/mol. The summed E-state index contributed by atoms with van der Waals surface area (Å²) in [5, 5.41) is 9.28. The maximum atomic E-state index is 12.0. The van der Waals surface area contributed by atoms with Crippen LogP contribution in [0.2, 0.25) is 5.22 Å². The van der Waals surface area contributed by atoms with Crippen LogP contribution in [0.15, 0.2) is 16.5 Å². The molecule has 1 amide bonds. The SMILES string of the molecule is CC1(C(=O)O)CCN(C(=O)c2ccc(Cl)o2)CC1. The van der Waals surface area contributed by atoms with Crippen molar-refractivity contribution in [3.63, 3.8) is 0 Å². The lowest BCUT2D eigenvalue weighted by Crippen LogP contribution is -2.45. The van der Waals surface area contributed by atoms with E-state index in [0.717, 1.165) is 0 Å². The number of carbonyl (C=O) groups is 2. The second-order valence-electron chi connectivity index (χ2n) is 4.76. The van der Waals surface area contributed by atoms with Crippen LogP contribution < -0.4 is 0 Å². The number of amides is 1. The third kappa shape index (κ3) is 2.36. The van der Waals surface area contributed by atoms with E-state index >= 15 is 0 Å². The summed E-state index contributed by atoms with van der Waals surface area (Å²) in [5.74, 6) is -0.857. The number of aliphatic carboxylic acids is 1. The summed E-state index contributed by atoms with van der Waals surface area (Å²) < 4.78 is 5.06. The average molecular weight is 272 g/mol. The van der Waals surface area contributed by atoms with Gasteiger partial charge in [0.15, 0.2) is 11.0 Å².